The highest BCUT2D eigenvalue weighted by atomic mass is 16.3. The molecule has 2 aromatic rings. The van der Waals surface area contributed by atoms with Gasteiger partial charge in [-0.1, -0.05) is 30.3 Å². The third kappa shape index (κ3) is 4.06. The van der Waals surface area contributed by atoms with Crippen LogP contribution in [0.3, 0.4) is 0 Å². The molecule has 0 bridgehead atoms. The van der Waals surface area contributed by atoms with Crippen LogP contribution in [0.25, 0.3) is 0 Å². The van der Waals surface area contributed by atoms with E-state index < -0.39 is 0 Å². The largest absolute Gasteiger partial charge is 0.396 e. The van der Waals surface area contributed by atoms with Gasteiger partial charge in [0.1, 0.15) is 0 Å². The number of fused-ring (bicyclic) bond motifs is 1. The molecule has 0 aliphatic carbocycles. The number of likely N-dealkylation sites (tertiary alicyclic amines) is 1. The lowest BCUT2D eigenvalue weighted by molar-refractivity contribution is 0.0567. The van der Waals surface area contributed by atoms with Crippen molar-refractivity contribution in [3.63, 3.8) is 0 Å². The monoisotopic (exact) mass is 368 g/mol. The number of carbonyl (C=O) groups is 1. The van der Waals surface area contributed by atoms with Crippen molar-refractivity contribution < 1.29 is 9.90 Å². The summed E-state index contributed by atoms with van der Waals surface area (Å²) in [6.07, 6.45) is 3.80. The number of hydrogen-bond acceptors (Lipinski definition) is 4. The Morgan fingerprint density at radius 3 is 2.81 bits per heavy atom. The number of piperidine rings is 1. The fourth-order valence-electron chi connectivity index (χ4n) is 4.27. The number of hydrogen-bond donors (Lipinski definition) is 1. The van der Waals surface area contributed by atoms with Gasteiger partial charge in [-0.2, -0.15) is 5.10 Å². The third-order valence-electron chi connectivity index (χ3n) is 5.70. The summed E-state index contributed by atoms with van der Waals surface area (Å²) in [5.41, 5.74) is 2.97. The molecule has 1 amide bonds. The summed E-state index contributed by atoms with van der Waals surface area (Å²) in [5, 5.41) is 13.9. The van der Waals surface area contributed by atoms with Crippen molar-refractivity contribution in [3.8, 4) is 0 Å². The van der Waals surface area contributed by atoms with Gasteiger partial charge in [0.2, 0.25) is 0 Å². The highest BCUT2D eigenvalue weighted by Crippen LogP contribution is 2.23. The van der Waals surface area contributed by atoms with Crippen LogP contribution >= 0.6 is 0 Å². The summed E-state index contributed by atoms with van der Waals surface area (Å²) < 4.78 is 1.99. The van der Waals surface area contributed by atoms with E-state index in [9.17, 15) is 9.90 Å². The van der Waals surface area contributed by atoms with Crippen molar-refractivity contribution in [2.75, 3.05) is 19.7 Å². The second-order valence-electron chi connectivity index (χ2n) is 7.60. The zero-order valence-electron chi connectivity index (χ0n) is 15.8. The quantitative estimate of drug-likeness (QED) is 0.880. The molecule has 1 aromatic carbocycles. The molecule has 1 atom stereocenters. The van der Waals surface area contributed by atoms with E-state index in [2.05, 4.69) is 34.3 Å². The van der Waals surface area contributed by atoms with E-state index in [0.29, 0.717) is 12.1 Å². The molecule has 27 heavy (non-hydrogen) atoms. The lowest BCUT2D eigenvalue weighted by Gasteiger charge is -2.35. The van der Waals surface area contributed by atoms with Crippen molar-refractivity contribution in [3.05, 3.63) is 53.3 Å². The Labute approximate surface area is 160 Å². The lowest BCUT2D eigenvalue weighted by atomic mass is 9.99. The van der Waals surface area contributed by atoms with Crippen molar-refractivity contribution in [2.24, 2.45) is 0 Å². The minimum atomic E-state index is 0.0182. The number of carbonyl (C=O) groups excluding carboxylic acids is 1. The van der Waals surface area contributed by atoms with Crippen LogP contribution in [-0.2, 0) is 19.6 Å². The van der Waals surface area contributed by atoms with Crippen LogP contribution in [0.2, 0.25) is 0 Å². The molecule has 6 nitrogen and oxygen atoms in total. The molecule has 1 saturated heterocycles. The van der Waals surface area contributed by atoms with E-state index in [4.69, 9.17) is 0 Å². The first kappa shape index (κ1) is 18.2. The smallest absolute Gasteiger partial charge is 0.274 e. The van der Waals surface area contributed by atoms with Crippen LogP contribution in [0.4, 0.5) is 0 Å². The third-order valence-corrected chi connectivity index (χ3v) is 5.70. The van der Waals surface area contributed by atoms with Crippen LogP contribution in [0.5, 0.6) is 0 Å². The Morgan fingerprint density at radius 2 is 2.00 bits per heavy atom. The zero-order chi connectivity index (χ0) is 18.6. The summed E-state index contributed by atoms with van der Waals surface area (Å²) in [4.78, 5) is 17.4. The molecule has 0 saturated carbocycles. The van der Waals surface area contributed by atoms with E-state index in [0.717, 1.165) is 57.7 Å². The highest BCUT2D eigenvalue weighted by Gasteiger charge is 2.30. The summed E-state index contributed by atoms with van der Waals surface area (Å²) >= 11 is 0. The van der Waals surface area contributed by atoms with Gasteiger partial charge in [0.05, 0.1) is 12.2 Å². The maximum atomic E-state index is 13.0. The normalized spacial score (nSPS) is 20.5. The minimum Gasteiger partial charge on any atom is -0.396 e. The Morgan fingerprint density at radius 1 is 1.15 bits per heavy atom. The van der Waals surface area contributed by atoms with Gasteiger partial charge in [-0.05, 0) is 37.3 Å². The number of nitrogens with zero attached hydrogens (tertiary/aromatic N) is 4. The first-order valence-electron chi connectivity index (χ1n) is 9.99. The predicted octanol–water partition coefficient (Wildman–Crippen LogP) is 2.28. The van der Waals surface area contributed by atoms with Crippen molar-refractivity contribution in [2.45, 2.75) is 51.4 Å². The average Bonchev–Trinajstić information content (AvgIpc) is 3.12. The Balaban J connectivity index is 1.45. The van der Waals surface area contributed by atoms with E-state index in [-0.39, 0.29) is 18.6 Å². The second kappa shape index (κ2) is 8.23. The van der Waals surface area contributed by atoms with Crippen molar-refractivity contribution in [1.29, 1.82) is 0 Å². The molecule has 2 aliphatic heterocycles. The number of amides is 1. The maximum Gasteiger partial charge on any atom is 0.274 e. The van der Waals surface area contributed by atoms with Gasteiger partial charge in [0.25, 0.3) is 5.91 Å². The average molecular weight is 368 g/mol. The minimum absolute atomic E-state index is 0.0182. The predicted molar refractivity (Wildman–Crippen MR) is 103 cm³/mol. The molecule has 0 unspecified atom stereocenters. The number of rotatable bonds is 5. The number of aliphatic hydroxyl groups excluding tert-OH is 1. The van der Waals surface area contributed by atoms with Gasteiger partial charge < -0.3 is 10.0 Å². The number of aliphatic hydroxyl groups is 1. The fraction of sp³-hybridized carbons (Fsp3) is 0.524. The van der Waals surface area contributed by atoms with Crippen LogP contribution in [-0.4, -0.2) is 56.3 Å². The van der Waals surface area contributed by atoms with Gasteiger partial charge in [0.15, 0.2) is 5.69 Å². The molecule has 1 N–H and O–H groups in total. The Bertz CT molecular complexity index is 772. The van der Waals surface area contributed by atoms with E-state index in [1.165, 1.54) is 5.56 Å². The molecule has 1 aromatic heterocycles. The van der Waals surface area contributed by atoms with E-state index >= 15 is 0 Å². The lowest BCUT2D eigenvalue weighted by Crippen LogP contribution is -2.44. The van der Waals surface area contributed by atoms with Crippen LogP contribution in [0, 0.1) is 0 Å². The van der Waals surface area contributed by atoms with E-state index in [1.54, 1.807) is 0 Å². The van der Waals surface area contributed by atoms with Crippen LogP contribution < -0.4 is 0 Å². The highest BCUT2D eigenvalue weighted by molar-refractivity contribution is 5.92. The second-order valence-corrected chi connectivity index (χ2v) is 7.60. The molecule has 0 radical (unpaired) electrons. The number of benzene rings is 1. The molecule has 0 spiro atoms. The van der Waals surface area contributed by atoms with Crippen LogP contribution in [0.1, 0.15) is 47.4 Å². The first-order chi connectivity index (χ1) is 13.2. The first-order valence-corrected chi connectivity index (χ1v) is 9.99. The fourth-order valence-corrected chi connectivity index (χ4v) is 4.27. The molecular weight excluding hydrogens is 340 g/mol. The molecule has 1 fully saturated rings. The van der Waals surface area contributed by atoms with Gasteiger partial charge in [0, 0.05) is 38.8 Å². The molecule has 3 heterocycles. The van der Waals surface area contributed by atoms with Gasteiger partial charge in [-0.3, -0.25) is 14.4 Å². The summed E-state index contributed by atoms with van der Waals surface area (Å²) in [6, 6.07) is 12.6. The topological polar surface area (TPSA) is 61.6 Å². The van der Waals surface area contributed by atoms with Crippen LogP contribution in [0.15, 0.2) is 36.4 Å². The van der Waals surface area contributed by atoms with E-state index in [1.807, 2.05) is 21.7 Å². The SMILES string of the molecule is O=C(c1cc2n(n1)CCN(Cc1ccccc1)C2)N1CCCC[C@@H]1CCO. The van der Waals surface area contributed by atoms with Crippen molar-refractivity contribution >= 4 is 5.91 Å². The van der Waals surface area contributed by atoms with Gasteiger partial charge in [-0.15, -0.1) is 0 Å². The summed E-state index contributed by atoms with van der Waals surface area (Å²) in [6.45, 7) is 4.38. The molecule has 2 aliphatic rings. The molecule has 4 rings (SSSR count). The zero-order valence-corrected chi connectivity index (χ0v) is 15.8. The molecule has 144 valence electrons. The van der Waals surface area contributed by atoms with Crippen molar-refractivity contribution in [1.82, 2.24) is 19.6 Å². The number of aromatic nitrogens is 2. The maximum absolute atomic E-state index is 13.0. The van der Waals surface area contributed by atoms with Gasteiger partial charge >= 0.3 is 0 Å². The Kier molecular flexibility index (Phi) is 5.55. The molecular formula is C21H28N4O2. The Hall–Kier alpha value is -2.18. The molecule has 6 heteroatoms. The summed E-state index contributed by atoms with van der Waals surface area (Å²) in [5.74, 6) is 0.0182. The summed E-state index contributed by atoms with van der Waals surface area (Å²) in [7, 11) is 0. The standard InChI is InChI=1S/C21H28N4O2/c26-13-9-18-8-4-5-10-24(18)21(27)20-14-19-16-23(11-12-25(19)22-20)15-17-6-2-1-3-7-17/h1-3,6-7,14,18,26H,4-5,8-13,15-16H2/t18-/m1/s1. The van der Waals surface area contributed by atoms with Gasteiger partial charge in [-0.25, -0.2) is 0 Å².